The van der Waals surface area contributed by atoms with Gasteiger partial charge in [-0.1, -0.05) is 27.7 Å². The summed E-state index contributed by atoms with van der Waals surface area (Å²) in [6.45, 7) is 11.0. The van der Waals surface area contributed by atoms with E-state index in [9.17, 15) is 14.7 Å². The molecule has 5 heteroatoms. The van der Waals surface area contributed by atoms with E-state index in [1.807, 2.05) is 13.8 Å². The third-order valence-electron chi connectivity index (χ3n) is 11.5. The second-order valence-electron chi connectivity index (χ2n) is 13.2. The molecule has 35 heavy (non-hydrogen) atoms. The van der Waals surface area contributed by atoms with E-state index in [-0.39, 0.29) is 24.8 Å². The van der Waals surface area contributed by atoms with Gasteiger partial charge in [0.2, 0.25) is 0 Å². The van der Waals surface area contributed by atoms with Crippen molar-refractivity contribution < 1.29 is 24.2 Å². The Hall–Kier alpha value is -1.10. The standard InChI is InChI=1S/C30H50O5/c1-6-20(3)35-28(33)18-34-27(32)12-7-19(2)24-10-11-25-23-9-8-21-17-22(31)13-15-29(21,4)26(23)14-16-30(24,25)5/h19-26,31H,6-18H2,1-5H3/t19-,20?,21?,22-,23+,24-,25+,26+,29+,30-/m1/s1. The molecule has 4 rings (SSSR count). The summed E-state index contributed by atoms with van der Waals surface area (Å²) in [4.78, 5) is 24.1. The van der Waals surface area contributed by atoms with E-state index >= 15 is 0 Å². The van der Waals surface area contributed by atoms with Crippen molar-refractivity contribution in [1.29, 1.82) is 0 Å². The van der Waals surface area contributed by atoms with Crippen LogP contribution < -0.4 is 0 Å². The Kier molecular flexibility index (Phi) is 8.25. The van der Waals surface area contributed by atoms with Gasteiger partial charge in [-0.3, -0.25) is 4.79 Å². The molecule has 4 fully saturated rings. The third-order valence-corrected chi connectivity index (χ3v) is 11.5. The van der Waals surface area contributed by atoms with E-state index in [1.54, 1.807) is 0 Å². The Morgan fingerprint density at radius 1 is 0.943 bits per heavy atom. The van der Waals surface area contributed by atoms with E-state index in [2.05, 4.69) is 20.8 Å². The highest BCUT2D eigenvalue weighted by molar-refractivity contribution is 5.76. The van der Waals surface area contributed by atoms with Crippen molar-refractivity contribution in [3.8, 4) is 0 Å². The highest BCUT2D eigenvalue weighted by Gasteiger charge is 2.60. The molecule has 0 saturated heterocycles. The van der Waals surface area contributed by atoms with Crippen LogP contribution in [0.25, 0.3) is 0 Å². The van der Waals surface area contributed by atoms with E-state index < -0.39 is 5.97 Å². The summed E-state index contributed by atoms with van der Waals surface area (Å²) in [6, 6.07) is 0. The van der Waals surface area contributed by atoms with Gasteiger partial charge in [-0.05, 0) is 124 Å². The minimum Gasteiger partial charge on any atom is -0.460 e. The normalized spacial score (nSPS) is 42.2. The molecule has 10 atom stereocenters. The van der Waals surface area contributed by atoms with Crippen LogP contribution in [0.1, 0.15) is 112 Å². The first-order valence-electron chi connectivity index (χ1n) is 14.6. The van der Waals surface area contributed by atoms with Crippen LogP contribution in [-0.4, -0.2) is 35.9 Å². The van der Waals surface area contributed by atoms with Gasteiger partial charge < -0.3 is 14.6 Å². The van der Waals surface area contributed by atoms with E-state index in [0.717, 1.165) is 43.4 Å². The van der Waals surface area contributed by atoms with Crippen molar-refractivity contribution in [2.75, 3.05) is 6.61 Å². The first-order chi connectivity index (χ1) is 16.6. The largest absolute Gasteiger partial charge is 0.460 e. The second kappa shape index (κ2) is 10.7. The number of hydrogen-bond donors (Lipinski definition) is 1. The van der Waals surface area contributed by atoms with Crippen LogP contribution >= 0.6 is 0 Å². The molecule has 0 aromatic rings. The molecule has 0 spiro atoms. The van der Waals surface area contributed by atoms with Crippen molar-refractivity contribution in [2.45, 2.75) is 124 Å². The van der Waals surface area contributed by atoms with Gasteiger partial charge in [-0.25, -0.2) is 4.79 Å². The molecule has 1 N–H and O–H groups in total. The van der Waals surface area contributed by atoms with Crippen LogP contribution in [0.5, 0.6) is 0 Å². The first kappa shape index (κ1) is 26.9. The molecule has 0 bridgehead atoms. The number of rotatable bonds is 8. The maximum absolute atomic E-state index is 12.3. The molecule has 0 aliphatic heterocycles. The molecule has 4 aliphatic carbocycles. The van der Waals surface area contributed by atoms with E-state index in [4.69, 9.17) is 9.47 Å². The average Bonchev–Trinajstić information content (AvgIpc) is 3.18. The van der Waals surface area contributed by atoms with Gasteiger partial charge in [0.15, 0.2) is 6.61 Å². The number of aliphatic hydroxyl groups excluding tert-OH is 1. The molecule has 0 radical (unpaired) electrons. The molecule has 0 aromatic carbocycles. The zero-order valence-electron chi connectivity index (χ0n) is 22.9. The first-order valence-corrected chi connectivity index (χ1v) is 14.6. The predicted octanol–water partition coefficient (Wildman–Crippen LogP) is 6.31. The number of carbonyl (C=O) groups excluding carboxylic acids is 2. The van der Waals surface area contributed by atoms with Gasteiger partial charge >= 0.3 is 11.9 Å². The smallest absolute Gasteiger partial charge is 0.344 e. The summed E-state index contributed by atoms with van der Waals surface area (Å²) in [6.07, 6.45) is 12.9. The number of esters is 2. The van der Waals surface area contributed by atoms with Gasteiger partial charge in [0.25, 0.3) is 0 Å². The van der Waals surface area contributed by atoms with Crippen molar-refractivity contribution in [3.05, 3.63) is 0 Å². The van der Waals surface area contributed by atoms with Gasteiger partial charge in [-0.2, -0.15) is 0 Å². The minimum absolute atomic E-state index is 0.0765. The van der Waals surface area contributed by atoms with Gasteiger partial charge in [-0.15, -0.1) is 0 Å². The lowest BCUT2D eigenvalue weighted by atomic mass is 9.44. The monoisotopic (exact) mass is 490 g/mol. The second-order valence-corrected chi connectivity index (χ2v) is 13.2. The Morgan fingerprint density at radius 2 is 1.66 bits per heavy atom. The Balaban J connectivity index is 1.31. The van der Waals surface area contributed by atoms with Crippen LogP contribution in [-0.2, 0) is 19.1 Å². The molecular formula is C30H50O5. The maximum Gasteiger partial charge on any atom is 0.344 e. The van der Waals surface area contributed by atoms with Crippen molar-refractivity contribution in [2.24, 2.45) is 46.3 Å². The average molecular weight is 491 g/mol. The maximum atomic E-state index is 12.3. The fourth-order valence-electron chi connectivity index (χ4n) is 9.31. The molecule has 0 aromatic heterocycles. The third kappa shape index (κ3) is 5.31. The fourth-order valence-corrected chi connectivity index (χ4v) is 9.31. The Bertz CT molecular complexity index is 766. The predicted molar refractivity (Wildman–Crippen MR) is 136 cm³/mol. The summed E-state index contributed by atoms with van der Waals surface area (Å²) in [7, 11) is 0. The van der Waals surface area contributed by atoms with Gasteiger partial charge in [0, 0.05) is 6.42 Å². The summed E-state index contributed by atoms with van der Waals surface area (Å²) in [5.41, 5.74) is 0.801. The lowest BCUT2D eigenvalue weighted by molar-refractivity contribution is -0.162. The highest BCUT2D eigenvalue weighted by Crippen LogP contribution is 2.68. The molecule has 4 saturated carbocycles. The summed E-state index contributed by atoms with van der Waals surface area (Å²) in [5.74, 6) is 3.58. The molecule has 5 nitrogen and oxygen atoms in total. The lowest BCUT2D eigenvalue weighted by Crippen LogP contribution is -2.54. The van der Waals surface area contributed by atoms with Crippen LogP contribution in [0.4, 0.5) is 0 Å². The lowest BCUT2D eigenvalue weighted by Gasteiger charge is -2.61. The molecule has 0 amide bonds. The van der Waals surface area contributed by atoms with Gasteiger partial charge in [0.1, 0.15) is 0 Å². The summed E-state index contributed by atoms with van der Waals surface area (Å²) >= 11 is 0. The SMILES string of the molecule is CCC(C)OC(=O)COC(=O)CC[C@@H](C)[C@H]1CC[C@H]2[C@@H]3CCC4C[C@H](O)CC[C@]4(C)[C@H]3CC[C@]12C. The number of hydrogen-bond acceptors (Lipinski definition) is 5. The Labute approximate surface area is 213 Å². The summed E-state index contributed by atoms with van der Waals surface area (Å²) in [5, 5.41) is 10.3. The molecular weight excluding hydrogens is 440 g/mol. The van der Waals surface area contributed by atoms with Crippen molar-refractivity contribution in [1.82, 2.24) is 0 Å². The van der Waals surface area contributed by atoms with Crippen LogP contribution in [0.15, 0.2) is 0 Å². The van der Waals surface area contributed by atoms with E-state index in [0.29, 0.717) is 35.0 Å². The topological polar surface area (TPSA) is 72.8 Å². The van der Waals surface area contributed by atoms with Crippen molar-refractivity contribution in [3.63, 3.8) is 0 Å². The fraction of sp³-hybridized carbons (Fsp3) is 0.933. The number of carbonyl (C=O) groups is 2. The van der Waals surface area contributed by atoms with Gasteiger partial charge in [0.05, 0.1) is 12.2 Å². The molecule has 4 aliphatic rings. The summed E-state index contributed by atoms with van der Waals surface area (Å²) < 4.78 is 10.4. The van der Waals surface area contributed by atoms with Crippen LogP contribution in [0.3, 0.4) is 0 Å². The minimum atomic E-state index is -0.459. The number of fused-ring (bicyclic) bond motifs is 5. The molecule has 2 unspecified atom stereocenters. The van der Waals surface area contributed by atoms with E-state index in [1.165, 1.54) is 44.9 Å². The van der Waals surface area contributed by atoms with Crippen molar-refractivity contribution >= 4 is 11.9 Å². The molecule has 0 heterocycles. The quantitative estimate of drug-likeness (QED) is 0.404. The van der Waals surface area contributed by atoms with Crippen LogP contribution in [0.2, 0.25) is 0 Å². The zero-order chi connectivity index (χ0) is 25.4. The van der Waals surface area contributed by atoms with Crippen LogP contribution in [0, 0.1) is 46.3 Å². The Morgan fingerprint density at radius 3 is 2.40 bits per heavy atom. The molecule has 200 valence electrons. The zero-order valence-corrected chi connectivity index (χ0v) is 22.9. The highest BCUT2D eigenvalue weighted by atomic mass is 16.6. The number of ether oxygens (including phenoxy) is 2. The number of aliphatic hydroxyl groups is 1.